The average molecular weight is 120 g/mol. The summed E-state index contributed by atoms with van der Waals surface area (Å²) in [4.78, 5) is 8.00. The maximum atomic E-state index is 8.00. The third-order valence-electron chi connectivity index (χ3n) is 0. The topological polar surface area (TPSA) is 75.5 Å². The molecule has 0 aromatic heterocycles. The molecule has 0 bridgehead atoms. The van der Waals surface area contributed by atoms with Crippen molar-refractivity contribution in [3.8, 4) is 0 Å². The number of halogens is 1. The Balaban J connectivity index is -0.0000000275. The van der Waals surface area contributed by atoms with E-state index in [1.807, 2.05) is 0 Å². The van der Waals surface area contributed by atoms with E-state index in [2.05, 4.69) is 11.9 Å². The van der Waals surface area contributed by atoms with Crippen LogP contribution in [0, 0.1) is 10.1 Å². The van der Waals surface area contributed by atoms with Crippen molar-refractivity contribution in [1.82, 2.24) is 0 Å². The molecule has 0 aromatic carbocycles. The van der Waals surface area contributed by atoms with Crippen LogP contribution >= 0.6 is 11.9 Å². The molecule has 0 N–H and O–H groups in total. The molecule has 0 radical (unpaired) electrons. The Kier molecular flexibility index (Phi) is 119. The standard InChI is InChI=1S/ClO.HNO2.Na/c1-2;2-1-3;/h;(H,2,3);/q-1;;+1/p-1. The third kappa shape index (κ3) is 147. The van der Waals surface area contributed by atoms with Crippen LogP contribution in [0.1, 0.15) is 0 Å². The molecule has 0 saturated carbocycles. The molecule has 32 valence electrons. The number of rotatable bonds is 0. The average Bonchev–Trinajstić information content (AvgIpc) is 1.46. The maximum Gasteiger partial charge on any atom is 1.00 e. The maximum absolute atomic E-state index is 8.00. The van der Waals surface area contributed by atoms with E-state index in [1.54, 1.807) is 0 Å². The van der Waals surface area contributed by atoms with Crippen LogP contribution in [-0.4, -0.2) is 0 Å². The van der Waals surface area contributed by atoms with Gasteiger partial charge < -0.3 is 14.8 Å². The van der Waals surface area contributed by atoms with Crippen LogP contribution in [0.4, 0.5) is 0 Å². The Labute approximate surface area is 61.5 Å². The molecule has 6 heavy (non-hydrogen) atoms. The van der Waals surface area contributed by atoms with E-state index in [0.29, 0.717) is 0 Å². The summed E-state index contributed by atoms with van der Waals surface area (Å²) < 4.78 is 7.72. The molecule has 6 heteroatoms. The van der Waals surface area contributed by atoms with Gasteiger partial charge in [0.05, 0.1) is 0 Å². The first-order valence-electron chi connectivity index (χ1n) is 0.519. The van der Waals surface area contributed by atoms with Crippen molar-refractivity contribution in [1.29, 1.82) is 0 Å². The molecular formula is ClNNaO3-. The first-order chi connectivity index (χ1) is 2.41. The second-order valence-corrected chi connectivity index (χ2v) is 0.0745. The van der Waals surface area contributed by atoms with Crippen LogP contribution in [0.5, 0.6) is 0 Å². The summed E-state index contributed by atoms with van der Waals surface area (Å²) in [6.45, 7) is 0. The molecule has 0 unspecified atom stereocenters. The minimum absolute atomic E-state index is 0. The van der Waals surface area contributed by atoms with Gasteiger partial charge in [0.2, 0.25) is 0 Å². The quantitative estimate of drug-likeness (QED) is 0.191. The van der Waals surface area contributed by atoms with E-state index >= 15 is 0 Å². The largest absolute Gasteiger partial charge is 1.00 e. The van der Waals surface area contributed by atoms with Gasteiger partial charge in [0, 0.05) is 0 Å². The van der Waals surface area contributed by atoms with E-state index in [0.717, 1.165) is 5.34 Å². The first-order valence-corrected chi connectivity index (χ1v) is 0.828. The van der Waals surface area contributed by atoms with Crippen molar-refractivity contribution in [3.05, 3.63) is 10.1 Å². The first kappa shape index (κ1) is 15.9. The summed E-state index contributed by atoms with van der Waals surface area (Å²) in [5.41, 5.74) is 0. The van der Waals surface area contributed by atoms with E-state index in [-0.39, 0.29) is 29.6 Å². The van der Waals surface area contributed by atoms with Gasteiger partial charge in [0.25, 0.3) is 0 Å². The van der Waals surface area contributed by atoms with Crippen molar-refractivity contribution in [3.63, 3.8) is 0 Å². The molecule has 4 nitrogen and oxygen atoms in total. The van der Waals surface area contributed by atoms with Gasteiger partial charge >= 0.3 is 29.6 Å². The molecule has 0 aromatic rings. The summed E-state index contributed by atoms with van der Waals surface area (Å²) in [6.07, 6.45) is 0. The predicted octanol–water partition coefficient (Wildman–Crippen LogP) is -3.24. The van der Waals surface area contributed by atoms with E-state index in [1.165, 1.54) is 0 Å². The van der Waals surface area contributed by atoms with Gasteiger partial charge in [0.1, 0.15) is 0 Å². The molecule has 0 spiro atoms. The molecule has 0 amide bonds. The van der Waals surface area contributed by atoms with Crippen molar-refractivity contribution >= 4 is 11.9 Å². The third-order valence-corrected chi connectivity index (χ3v) is 0. The molecule has 0 aliphatic rings. The molecule has 0 saturated heterocycles. The minimum atomic E-state index is 0. The molecule has 0 heterocycles. The summed E-state index contributed by atoms with van der Waals surface area (Å²) >= 11 is 3.39. The smallest absolute Gasteiger partial charge is 0.769 e. The SMILES string of the molecule is O=N[O-].[Na+].[O-]Cl. The van der Waals surface area contributed by atoms with Crippen LogP contribution in [0.2, 0.25) is 0 Å². The number of nitrogens with zero attached hydrogens (tertiary/aromatic N) is 1. The van der Waals surface area contributed by atoms with Gasteiger partial charge in [-0.2, -0.15) is 0 Å². The van der Waals surface area contributed by atoms with Gasteiger partial charge in [0.15, 0.2) is 0 Å². The van der Waals surface area contributed by atoms with E-state index in [9.17, 15) is 0 Å². The van der Waals surface area contributed by atoms with Gasteiger partial charge in [-0.05, 0) is 0 Å². The van der Waals surface area contributed by atoms with E-state index in [4.69, 9.17) is 14.8 Å². The second kappa shape index (κ2) is 44.9. The van der Waals surface area contributed by atoms with Crippen LogP contribution < -0.4 is 34.2 Å². The number of hydrogen-bond donors (Lipinski definition) is 0. The fourth-order valence-electron chi connectivity index (χ4n) is 0. The normalized spacial score (nSPS) is 3.00. The zero-order valence-electron chi connectivity index (χ0n) is 3.05. The Hall–Kier alpha value is 0.650. The summed E-state index contributed by atoms with van der Waals surface area (Å²) in [6, 6.07) is 0. The predicted molar refractivity (Wildman–Crippen MR) is 15.0 cm³/mol. The fourth-order valence-corrected chi connectivity index (χ4v) is 0. The monoisotopic (exact) mass is 120 g/mol. The molecule has 0 rings (SSSR count). The zero-order chi connectivity index (χ0) is 4.71. The van der Waals surface area contributed by atoms with Gasteiger partial charge in [-0.25, -0.2) is 11.9 Å². The summed E-state index contributed by atoms with van der Waals surface area (Å²) in [5.74, 6) is 0. The number of hydrogen-bond acceptors (Lipinski definition) is 4. The van der Waals surface area contributed by atoms with Crippen LogP contribution in [0.25, 0.3) is 0 Å². The van der Waals surface area contributed by atoms with Crippen molar-refractivity contribution in [2.24, 2.45) is 5.34 Å². The molecule has 0 fully saturated rings. The molecule has 0 atom stereocenters. The molecule has 0 aliphatic heterocycles. The van der Waals surface area contributed by atoms with Gasteiger partial charge in [-0.1, -0.05) is 0 Å². The molecular weight excluding hydrogens is 120 g/mol. The van der Waals surface area contributed by atoms with Gasteiger partial charge in [-0.3, -0.25) is 0 Å². The zero-order valence-corrected chi connectivity index (χ0v) is 5.81. The van der Waals surface area contributed by atoms with Crippen LogP contribution in [0.3, 0.4) is 0 Å². The fraction of sp³-hybridized carbons (Fsp3) is 0. The molecule has 0 aliphatic carbocycles. The van der Waals surface area contributed by atoms with E-state index < -0.39 is 0 Å². The summed E-state index contributed by atoms with van der Waals surface area (Å²) in [7, 11) is 0. The Morgan fingerprint density at radius 2 is 1.50 bits per heavy atom. The van der Waals surface area contributed by atoms with Crippen LogP contribution in [0.15, 0.2) is 5.34 Å². The van der Waals surface area contributed by atoms with Crippen molar-refractivity contribution in [2.75, 3.05) is 0 Å². The Bertz CT molecular complexity index is 18.3. The van der Waals surface area contributed by atoms with Crippen molar-refractivity contribution < 1.29 is 34.2 Å². The Morgan fingerprint density at radius 1 is 1.50 bits per heavy atom. The van der Waals surface area contributed by atoms with Crippen LogP contribution in [-0.2, 0) is 0 Å². The minimum Gasteiger partial charge on any atom is -0.769 e. The van der Waals surface area contributed by atoms with Gasteiger partial charge in [-0.15, -0.1) is 5.34 Å². The Morgan fingerprint density at radius 3 is 1.50 bits per heavy atom. The second-order valence-electron chi connectivity index (χ2n) is 0.0745. The van der Waals surface area contributed by atoms with Crippen molar-refractivity contribution in [2.45, 2.75) is 0 Å². The summed E-state index contributed by atoms with van der Waals surface area (Å²) in [5, 5.41) is 9.00.